The highest BCUT2D eigenvalue weighted by Crippen LogP contribution is 2.24. The van der Waals surface area contributed by atoms with Gasteiger partial charge in [-0.3, -0.25) is 0 Å². The Balaban J connectivity index is 2.52. The van der Waals surface area contributed by atoms with Crippen molar-refractivity contribution >= 4 is 0 Å². The molecule has 0 saturated carbocycles. The fourth-order valence-corrected chi connectivity index (χ4v) is 1.73. The van der Waals surface area contributed by atoms with Gasteiger partial charge >= 0.3 is 0 Å². The molecule has 3 nitrogen and oxygen atoms in total. The van der Waals surface area contributed by atoms with Crippen LogP contribution in [0, 0.1) is 6.92 Å². The number of hydrogen-bond donors (Lipinski definition) is 2. The molecule has 106 valence electrons. The third-order valence-electron chi connectivity index (χ3n) is 2.98. The number of ether oxygens (including phenoxy) is 1. The van der Waals surface area contributed by atoms with E-state index in [9.17, 15) is 5.11 Å². The highest BCUT2D eigenvalue weighted by molar-refractivity contribution is 5.37. The van der Waals surface area contributed by atoms with Crippen molar-refractivity contribution in [3.8, 4) is 5.75 Å². The van der Waals surface area contributed by atoms with Gasteiger partial charge in [0, 0.05) is 13.1 Å². The fourth-order valence-electron chi connectivity index (χ4n) is 1.73. The molecule has 0 aromatic heterocycles. The first kappa shape index (κ1) is 15.7. The molecule has 0 aliphatic carbocycles. The lowest BCUT2D eigenvalue weighted by molar-refractivity contribution is 0.107. The van der Waals surface area contributed by atoms with Gasteiger partial charge < -0.3 is 15.2 Å². The van der Waals surface area contributed by atoms with E-state index >= 15 is 0 Å². The molecule has 0 amide bonds. The Labute approximate surface area is 116 Å². The van der Waals surface area contributed by atoms with Gasteiger partial charge in [0.05, 0.1) is 0 Å². The highest BCUT2D eigenvalue weighted by Gasteiger charge is 2.08. The summed E-state index contributed by atoms with van der Waals surface area (Å²) < 4.78 is 5.70. The Kier molecular flexibility index (Phi) is 6.60. The molecule has 2 N–H and O–H groups in total. The van der Waals surface area contributed by atoms with Crippen molar-refractivity contribution in [1.82, 2.24) is 5.32 Å². The van der Waals surface area contributed by atoms with Crippen molar-refractivity contribution in [3.05, 3.63) is 42.0 Å². The number of rotatable bonds is 8. The van der Waals surface area contributed by atoms with E-state index in [1.807, 2.05) is 6.92 Å². The van der Waals surface area contributed by atoms with E-state index in [0.717, 1.165) is 11.3 Å². The van der Waals surface area contributed by atoms with Crippen LogP contribution in [0.1, 0.15) is 30.9 Å². The zero-order chi connectivity index (χ0) is 14.3. The second kappa shape index (κ2) is 7.97. The predicted molar refractivity (Wildman–Crippen MR) is 79.8 cm³/mol. The molecular formula is C16H25NO2. The Morgan fingerprint density at radius 2 is 2.16 bits per heavy atom. The average Bonchev–Trinajstić information content (AvgIpc) is 2.37. The first-order valence-corrected chi connectivity index (χ1v) is 6.77. The van der Waals surface area contributed by atoms with Crippen molar-refractivity contribution in [2.24, 2.45) is 0 Å². The molecule has 0 aliphatic rings. The van der Waals surface area contributed by atoms with E-state index in [1.165, 1.54) is 5.56 Å². The third kappa shape index (κ3) is 5.45. The van der Waals surface area contributed by atoms with E-state index < -0.39 is 6.10 Å². The second-order valence-electron chi connectivity index (χ2n) is 5.09. The van der Waals surface area contributed by atoms with Gasteiger partial charge in [-0.15, -0.1) is 6.58 Å². The maximum Gasteiger partial charge on any atom is 0.122 e. The van der Waals surface area contributed by atoms with Gasteiger partial charge in [0.25, 0.3) is 0 Å². The largest absolute Gasteiger partial charge is 0.491 e. The van der Waals surface area contributed by atoms with Gasteiger partial charge in [0.15, 0.2) is 0 Å². The monoisotopic (exact) mass is 263 g/mol. The lowest BCUT2D eigenvalue weighted by atomic mass is 10.0. The van der Waals surface area contributed by atoms with Gasteiger partial charge in [0.1, 0.15) is 18.5 Å². The van der Waals surface area contributed by atoms with Crippen molar-refractivity contribution in [2.75, 3.05) is 19.7 Å². The van der Waals surface area contributed by atoms with Crippen LogP contribution in [0.25, 0.3) is 0 Å². The van der Waals surface area contributed by atoms with E-state index in [1.54, 1.807) is 6.08 Å². The number of hydrogen-bond acceptors (Lipinski definition) is 3. The first-order chi connectivity index (χ1) is 9.04. The van der Waals surface area contributed by atoms with Crippen LogP contribution in [-0.4, -0.2) is 30.9 Å². The minimum atomic E-state index is -0.512. The summed E-state index contributed by atoms with van der Waals surface area (Å²) in [6, 6.07) is 6.24. The van der Waals surface area contributed by atoms with Gasteiger partial charge in [-0.1, -0.05) is 32.1 Å². The number of nitrogens with one attached hydrogen (secondary N) is 1. The summed E-state index contributed by atoms with van der Waals surface area (Å²) in [6.07, 6.45) is 1.26. The summed E-state index contributed by atoms with van der Waals surface area (Å²) in [7, 11) is 0. The standard InChI is InChI=1S/C16H25NO2/c1-5-8-17-10-15(18)11-19-16-9-14(12(2)3)7-6-13(16)4/h5-7,9,12,15,17-18H,1,8,10-11H2,2-4H3. The normalized spacial score (nSPS) is 12.5. The summed E-state index contributed by atoms with van der Waals surface area (Å²) in [6.45, 7) is 11.4. The number of aliphatic hydroxyl groups excluding tert-OH is 1. The van der Waals surface area contributed by atoms with Crippen molar-refractivity contribution < 1.29 is 9.84 Å². The molecule has 1 atom stereocenters. The van der Waals surface area contributed by atoms with Crippen molar-refractivity contribution in [2.45, 2.75) is 32.8 Å². The molecular weight excluding hydrogens is 238 g/mol. The number of benzene rings is 1. The summed E-state index contributed by atoms with van der Waals surface area (Å²) >= 11 is 0. The van der Waals surface area contributed by atoms with Crippen LogP contribution in [0.3, 0.4) is 0 Å². The Hall–Kier alpha value is -1.32. The molecule has 1 aromatic carbocycles. The van der Waals surface area contributed by atoms with Crippen LogP contribution in [0.5, 0.6) is 5.75 Å². The summed E-state index contributed by atoms with van der Waals surface area (Å²) in [5, 5.41) is 12.9. The fraction of sp³-hybridized carbons (Fsp3) is 0.500. The smallest absolute Gasteiger partial charge is 0.122 e. The number of aliphatic hydroxyl groups is 1. The lowest BCUT2D eigenvalue weighted by Crippen LogP contribution is -2.31. The van der Waals surface area contributed by atoms with E-state index in [0.29, 0.717) is 25.6 Å². The molecule has 0 bridgehead atoms. The zero-order valence-corrected chi connectivity index (χ0v) is 12.1. The molecule has 1 unspecified atom stereocenters. The quantitative estimate of drug-likeness (QED) is 0.559. The van der Waals surface area contributed by atoms with Gasteiger partial charge in [-0.25, -0.2) is 0 Å². The molecule has 1 aromatic rings. The topological polar surface area (TPSA) is 41.5 Å². The van der Waals surface area contributed by atoms with Crippen molar-refractivity contribution in [3.63, 3.8) is 0 Å². The molecule has 3 heteroatoms. The molecule has 1 rings (SSSR count). The SMILES string of the molecule is C=CCNCC(O)COc1cc(C(C)C)ccc1C. The van der Waals surface area contributed by atoms with Crippen molar-refractivity contribution in [1.29, 1.82) is 0 Å². The molecule has 0 heterocycles. The molecule has 0 radical (unpaired) electrons. The second-order valence-corrected chi connectivity index (χ2v) is 5.09. The van der Waals surface area contributed by atoms with Crippen LogP contribution >= 0.6 is 0 Å². The maximum absolute atomic E-state index is 9.78. The third-order valence-corrected chi connectivity index (χ3v) is 2.98. The van der Waals surface area contributed by atoms with E-state index in [2.05, 4.69) is 43.9 Å². The molecule has 0 aliphatic heterocycles. The van der Waals surface area contributed by atoms with Crippen LogP contribution < -0.4 is 10.1 Å². The molecule has 19 heavy (non-hydrogen) atoms. The van der Waals surface area contributed by atoms with E-state index in [-0.39, 0.29) is 0 Å². The summed E-state index contributed by atoms with van der Waals surface area (Å²) in [4.78, 5) is 0. The van der Waals surface area contributed by atoms with Gasteiger partial charge in [-0.05, 0) is 30.0 Å². The average molecular weight is 263 g/mol. The molecule has 0 spiro atoms. The Bertz CT molecular complexity index is 402. The summed E-state index contributed by atoms with van der Waals surface area (Å²) in [5.41, 5.74) is 2.34. The van der Waals surface area contributed by atoms with Crippen LogP contribution in [0.4, 0.5) is 0 Å². The van der Waals surface area contributed by atoms with E-state index in [4.69, 9.17) is 4.74 Å². The Morgan fingerprint density at radius 3 is 2.79 bits per heavy atom. The van der Waals surface area contributed by atoms with Gasteiger partial charge in [-0.2, -0.15) is 0 Å². The minimum absolute atomic E-state index is 0.298. The number of aryl methyl sites for hydroxylation is 1. The minimum Gasteiger partial charge on any atom is -0.491 e. The zero-order valence-electron chi connectivity index (χ0n) is 12.1. The maximum atomic E-state index is 9.78. The van der Waals surface area contributed by atoms with Crippen LogP contribution in [0.2, 0.25) is 0 Å². The molecule has 0 saturated heterocycles. The predicted octanol–water partition coefficient (Wildman–Crippen LogP) is 2.63. The van der Waals surface area contributed by atoms with Crippen LogP contribution in [0.15, 0.2) is 30.9 Å². The first-order valence-electron chi connectivity index (χ1n) is 6.77. The lowest BCUT2D eigenvalue weighted by Gasteiger charge is -2.16. The summed E-state index contributed by atoms with van der Waals surface area (Å²) in [5.74, 6) is 1.33. The van der Waals surface area contributed by atoms with Crippen LogP contribution in [-0.2, 0) is 0 Å². The Morgan fingerprint density at radius 1 is 1.42 bits per heavy atom. The van der Waals surface area contributed by atoms with Gasteiger partial charge in [0.2, 0.25) is 0 Å². The highest BCUT2D eigenvalue weighted by atomic mass is 16.5. The molecule has 0 fully saturated rings.